The molecule has 0 aliphatic heterocycles. The SMILES string of the molecule is CC1(CNCC(O)c2cccs2)CCCC1. The lowest BCUT2D eigenvalue weighted by molar-refractivity contribution is 0.170. The molecule has 0 radical (unpaired) electrons. The van der Waals surface area contributed by atoms with E-state index in [9.17, 15) is 5.11 Å². The van der Waals surface area contributed by atoms with Gasteiger partial charge in [0.1, 0.15) is 6.10 Å². The molecule has 0 aromatic carbocycles. The Morgan fingerprint density at radius 1 is 1.50 bits per heavy atom. The van der Waals surface area contributed by atoms with Gasteiger partial charge in [0.2, 0.25) is 0 Å². The largest absolute Gasteiger partial charge is 0.386 e. The van der Waals surface area contributed by atoms with Crippen LogP contribution in [0.1, 0.15) is 43.6 Å². The Balaban J connectivity index is 1.72. The molecule has 1 atom stereocenters. The van der Waals surface area contributed by atoms with Gasteiger partial charge in [-0.15, -0.1) is 11.3 Å². The average Bonchev–Trinajstić information content (AvgIpc) is 2.88. The van der Waals surface area contributed by atoms with Crippen LogP contribution in [0.2, 0.25) is 0 Å². The van der Waals surface area contributed by atoms with Gasteiger partial charge in [-0.05, 0) is 29.7 Å². The van der Waals surface area contributed by atoms with E-state index in [0.717, 1.165) is 11.4 Å². The third kappa shape index (κ3) is 3.06. The van der Waals surface area contributed by atoms with Crippen LogP contribution in [-0.4, -0.2) is 18.2 Å². The quantitative estimate of drug-likeness (QED) is 0.828. The first-order valence-corrected chi connectivity index (χ1v) is 7.00. The summed E-state index contributed by atoms with van der Waals surface area (Å²) in [5.41, 5.74) is 0.467. The van der Waals surface area contributed by atoms with E-state index in [1.54, 1.807) is 11.3 Å². The van der Waals surface area contributed by atoms with Crippen molar-refractivity contribution < 1.29 is 5.11 Å². The average molecular weight is 239 g/mol. The predicted molar refractivity (Wildman–Crippen MR) is 68.7 cm³/mol. The number of aliphatic hydroxyl groups is 1. The van der Waals surface area contributed by atoms with Gasteiger partial charge >= 0.3 is 0 Å². The van der Waals surface area contributed by atoms with Crippen molar-refractivity contribution in [2.75, 3.05) is 13.1 Å². The normalized spacial score (nSPS) is 21.1. The number of rotatable bonds is 5. The first kappa shape index (κ1) is 12.1. The van der Waals surface area contributed by atoms with E-state index in [2.05, 4.69) is 12.2 Å². The molecule has 2 rings (SSSR count). The van der Waals surface area contributed by atoms with Crippen LogP contribution in [0, 0.1) is 5.41 Å². The second-order valence-corrected chi connectivity index (χ2v) is 6.16. The molecule has 90 valence electrons. The smallest absolute Gasteiger partial charge is 0.101 e. The monoisotopic (exact) mass is 239 g/mol. The maximum Gasteiger partial charge on any atom is 0.101 e. The summed E-state index contributed by atoms with van der Waals surface area (Å²) in [5, 5.41) is 15.3. The van der Waals surface area contributed by atoms with Gasteiger partial charge < -0.3 is 10.4 Å². The lowest BCUT2D eigenvalue weighted by Gasteiger charge is -2.24. The molecule has 1 aromatic rings. The Bertz CT molecular complexity index is 304. The van der Waals surface area contributed by atoms with Crippen LogP contribution in [0.25, 0.3) is 0 Å². The lowest BCUT2D eigenvalue weighted by atomic mass is 9.89. The van der Waals surface area contributed by atoms with Crippen molar-refractivity contribution in [1.82, 2.24) is 5.32 Å². The number of aliphatic hydroxyl groups excluding tert-OH is 1. The van der Waals surface area contributed by atoms with Gasteiger partial charge in [0.05, 0.1) is 0 Å². The van der Waals surface area contributed by atoms with Gasteiger partial charge in [0.15, 0.2) is 0 Å². The highest BCUT2D eigenvalue weighted by atomic mass is 32.1. The number of nitrogens with one attached hydrogen (secondary N) is 1. The molecule has 3 heteroatoms. The van der Waals surface area contributed by atoms with E-state index in [-0.39, 0.29) is 6.10 Å². The summed E-state index contributed by atoms with van der Waals surface area (Å²) >= 11 is 1.62. The minimum absolute atomic E-state index is 0.343. The van der Waals surface area contributed by atoms with Gasteiger partial charge in [-0.2, -0.15) is 0 Å². The Morgan fingerprint density at radius 3 is 2.88 bits per heavy atom. The molecule has 2 N–H and O–H groups in total. The van der Waals surface area contributed by atoms with Crippen LogP contribution in [0.5, 0.6) is 0 Å². The van der Waals surface area contributed by atoms with E-state index in [0.29, 0.717) is 12.0 Å². The molecule has 1 aliphatic carbocycles. The van der Waals surface area contributed by atoms with Gasteiger partial charge in [-0.25, -0.2) is 0 Å². The van der Waals surface area contributed by atoms with E-state index in [1.165, 1.54) is 25.7 Å². The topological polar surface area (TPSA) is 32.3 Å². The summed E-state index contributed by atoms with van der Waals surface area (Å²) in [6.45, 7) is 4.07. The van der Waals surface area contributed by atoms with Crippen LogP contribution < -0.4 is 5.32 Å². The highest BCUT2D eigenvalue weighted by Crippen LogP contribution is 2.36. The molecule has 0 bridgehead atoms. The Morgan fingerprint density at radius 2 is 2.25 bits per heavy atom. The first-order chi connectivity index (χ1) is 7.70. The van der Waals surface area contributed by atoms with Crippen LogP contribution in [0.4, 0.5) is 0 Å². The molecule has 2 nitrogen and oxygen atoms in total. The summed E-state index contributed by atoms with van der Waals surface area (Å²) in [4.78, 5) is 1.06. The molecule has 1 heterocycles. The van der Waals surface area contributed by atoms with E-state index >= 15 is 0 Å². The zero-order chi connectivity index (χ0) is 11.4. The maximum atomic E-state index is 9.92. The van der Waals surface area contributed by atoms with Gasteiger partial charge in [0.25, 0.3) is 0 Å². The zero-order valence-electron chi connectivity index (χ0n) is 9.91. The summed E-state index contributed by atoms with van der Waals surface area (Å²) in [6.07, 6.45) is 5.05. The van der Waals surface area contributed by atoms with Gasteiger partial charge in [-0.3, -0.25) is 0 Å². The van der Waals surface area contributed by atoms with Gasteiger partial charge in [-0.1, -0.05) is 25.8 Å². The van der Waals surface area contributed by atoms with Crippen LogP contribution >= 0.6 is 11.3 Å². The molecule has 0 saturated heterocycles. The second-order valence-electron chi connectivity index (χ2n) is 5.18. The third-order valence-corrected chi connectivity index (χ3v) is 4.55. The molecule has 1 unspecified atom stereocenters. The van der Waals surface area contributed by atoms with E-state index in [4.69, 9.17) is 0 Å². The summed E-state index contributed by atoms with van der Waals surface area (Å²) < 4.78 is 0. The van der Waals surface area contributed by atoms with Crippen molar-refractivity contribution in [2.45, 2.75) is 38.7 Å². The number of hydrogen-bond acceptors (Lipinski definition) is 3. The predicted octanol–water partition coefficient (Wildman–Crippen LogP) is 2.95. The van der Waals surface area contributed by atoms with E-state index in [1.807, 2.05) is 17.5 Å². The van der Waals surface area contributed by atoms with Crippen LogP contribution in [0.15, 0.2) is 17.5 Å². The Kier molecular flexibility index (Phi) is 4.00. The van der Waals surface area contributed by atoms with Crippen molar-refractivity contribution in [1.29, 1.82) is 0 Å². The maximum absolute atomic E-state index is 9.92. The molecule has 0 amide bonds. The highest BCUT2D eigenvalue weighted by Gasteiger charge is 2.28. The van der Waals surface area contributed by atoms with Crippen LogP contribution in [-0.2, 0) is 0 Å². The molecular formula is C13H21NOS. The zero-order valence-corrected chi connectivity index (χ0v) is 10.7. The molecule has 0 spiro atoms. The fourth-order valence-corrected chi connectivity index (χ4v) is 3.21. The lowest BCUT2D eigenvalue weighted by Crippen LogP contribution is -2.32. The Labute approximate surface area is 102 Å². The first-order valence-electron chi connectivity index (χ1n) is 6.12. The van der Waals surface area contributed by atoms with Crippen molar-refractivity contribution in [2.24, 2.45) is 5.41 Å². The van der Waals surface area contributed by atoms with Crippen molar-refractivity contribution in [3.05, 3.63) is 22.4 Å². The fraction of sp³-hybridized carbons (Fsp3) is 0.692. The molecule has 1 fully saturated rings. The molecule has 16 heavy (non-hydrogen) atoms. The molecular weight excluding hydrogens is 218 g/mol. The molecule has 1 aliphatic rings. The van der Waals surface area contributed by atoms with Gasteiger partial charge in [0, 0.05) is 18.0 Å². The molecule has 1 saturated carbocycles. The van der Waals surface area contributed by atoms with E-state index < -0.39 is 0 Å². The number of thiophene rings is 1. The Hall–Kier alpha value is -0.380. The summed E-state index contributed by atoms with van der Waals surface area (Å²) in [6, 6.07) is 3.98. The van der Waals surface area contributed by atoms with Crippen molar-refractivity contribution in [3.63, 3.8) is 0 Å². The van der Waals surface area contributed by atoms with Crippen LogP contribution in [0.3, 0.4) is 0 Å². The minimum Gasteiger partial charge on any atom is -0.386 e. The minimum atomic E-state index is -0.343. The summed E-state index contributed by atoms with van der Waals surface area (Å²) in [5.74, 6) is 0. The number of hydrogen-bond donors (Lipinski definition) is 2. The second kappa shape index (κ2) is 5.30. The summed E-state index contributed by atoms with van der Waals surface area (Å²) in [7, 11) is 0. The van der Waals surface area contributed by atoms with Crippen molar-refractivity contribution in [3.8, 4) is 0 Å². The standard InChI is InChI=1S/C13H21NOS/c1-13(6-2-3-7-13)10-14-9-11(15)12-5-4-8-16-12/h4-5,8,11,14-15H,2-3,6-7,9-10H2,1H3. The highest BCUT2D eigenvalue weighted by molar-refractivity contribution is 7.10. The fourth-order valence-electron chi connectivity index (χ4n) is 2.50. The van der Waals surface area contributed by atoms with Crippen molar-refractivity contribution >= 4 is 11.3 Å². The third-order valence-electron chi connectivity index (χ3n) is 3.57. The molecule has 1 aromatic heterocycles.